The Hall–Kier alpha value is -2.43. The Labute approximate surface area is 122 Å². The summed E-state index contributed by atoms with van der Waals surface area (Å²) >= 11 is 11.4. The summed E-state index contributed by atoms with van der Waals surface area (Å²) in [5, 5.41) is 26.6. The van der Waals surface area contributed by atoms with Crippen LogP contribution in [0.1, 0.15) is 5.56 Å². The maximum Gasteiger partial charge on any atom is 0.312 e. The molecule has 0 unspecified atom stereocenters. The van der Waals surface area contributed by atoms with Crippen LogP contribution in [0.15, 0.2) is 24.3 Å². The maximum atomic E-state index is 11.0. The zero-order valence-corrected chi connectivity index (χ0v) is 11.1. The van der Waals surface area contributed by atoms with Gasteiger partial charge in [-0.25, -0.2) is 0 Å². The number of halogens is 2. The van der Waals surface area contributed by atoms with E-state index >= 15 is 0 Å². The molecule has 2 rings (SSSR count). The highest BCUT2D eigenvalue weighted by molar-refractivity contribution is 6.32. The van der Waals surface area contributed by atoms with E-state index in [4.69, 9.17) is 33.2 Å². The molecule has 0 N–H and O–H groups in total. The normalized spacial score (nSPS) is 9.85. The predicted molar refractivity (Wildman–Crippen MR) is 69.9 cm³/mol. The molecule has 0 atom stereocenters. The molecule has 0 radical (unpaired) electrons. The molecule has 1 aromatic heterocycles. The third-order valence-corrected chi connectivity index (χ3v) is 2.64. The Balaban J connectivity index is 2.46. The molecule has 0 bridgehead atoms. The number of nitrogens with zero attached hydrogens (tertiary/aromatic N) is 4. The third-order valence-electron chi connectivity index (χ3n) is 2.19. The molecule has 2 aromatic rings. The van der Waals surface area contributed by atoms with E-state index in [0.717, 1.165) is 6.07 Å². The number of nitriles is 1. The van der Waals surface area contributed by atoms with Gasteiger partial charge >= 0.3 is 5.69 Å². The van der Waals surface area contributed by atoms with Gasteiger partial charge in [0.25, 0.3) is 0 Å². The monoisotopic (exact) mass is 310 g/mol. The van der Waals surface area contributed by atoms with Gasteiger partial charge in [-0.15, -0.1) is 10.2 Å². The van der Waals surface area contributed by atoms with Crippen LogP contribution < -0.4 is 4.74 Å². The Bertz CT molecular complexity index is 730. The molecule has 20 heavy (non-hydrogen) atoms. The van der Waals surface area contributed by atoms with Crippen LogP contribution in [0.2, 0.25) is 10.3 Å². The second-order valence-electron chi connectivity index (χ2n) is 3.48. The highest BCUT2D eigenvalue weighted by atomic mass is 35.5. The number of nitro groups is 1. The summed E-state index contributed by atoms with van der Waals surface area (Å²) in [6.45, 7) is 0. The van der Waals surface area contributed by atoms with Gasteiger partial charge in [0.15, 0.2) is 16.1 Å². The number of rotatable bonds is 3. The van der Waals surface area contributed by atoms with Crippen molar-refractivity contribution in [3.8, 4) is 17.6 Å². The summed E-state index contributed by atoms with van der Waals surface area (Å²) in [7, 11) is 0. The summed E-state index contributed by atoms with van der Waals surface area (Å²) < 4.78 is 5.31. The van der Waals surface area contributed by atoms with E-state index in [0.29, 0.717) is 0 Å². The molecule has 0 saturated carbocycles. The maximum absolute atomic E-state index is 11.0. The number of nitro benzene ring substituents is 1. The average molecular weight is 311 g/mol. The lowest BCUT2D eigenvalue weighted by atomic mass is 10.2. The van der Waals surface area contributed by atoms with E-state index in [-0.39, 0.29) is 33.1 Å². The van der Waals surface area contributed by atoms with E-state index in [1.807, 2.05) is 0 Å². The van der Waals surface area contributed by atoms with E-state index in [1.54, 1.807) is 6.07 Å². The Morgan fingerprint density at radius 2 is 2.00 bits per heavy atom. The van der Waals surface area contributed by atoms with Crippen molar-refractivity contribution in [2.75, 3.05) is 0 Å². The molecule has 1 heterocycles. The van der Waals surface area contributed by atoms with Crippen molar-refractivity contribution in [2.45, 2.75) is 0 Å². The van der Waals surface area contributed by atoms with Gasteiger partial charge < -0.3 is 4.74 Å². The molecule has 0 saturated heterocycles. The summed E-state index contributed by atoms with van der Waals surface area (Å²) in [4.78, 5) is 10.3. The van der Waals surface area contributed by atoms with Gasteiger partial charge in [-0.3, -0.25) is 10.1 Å². The van der Waals surface area contributed by atoms with Crippen LogP contribution in [0, 0.1) is 21.4 Å². The number of hydrogen-bond donors (Lipinski definition) is 0. The molecule has 0 aliphatic carbocycles. The summed E-state index contributed by atoms with van der Waals surface area (Å²) in [6.07, 6.45) is 0. The van der Waals surface area contributed by atoms with Gasteiger partial charge in [-0.1, -0.05) is 23.2 Å². The van der Waals surface area contributed by atoms with Gasteiger partial charge in [0.1, 0.15) is 0 Å². The van der Waals surface area contributed by atoms with Crippen LogP contribution in [-0.4, -0.2) is 15.1 Å². The third kappa shape index (κ3) is 2.93. The van der Waals surface area contributed by atoms with Crippen molar-refractivity contribution in [1.82, 2.24) is 10.2 Å². The highest BCUT2D eigenvalue weighted by Crippen LogP contribution is 2.35. The quantitative estimate of drug-likeness (QED) is 0.636. The van der Waals surface area contributed by atoms with E-state index in [9.17, 15) is 10.1 Å². The number of benzene rings is 1. The average Bonchev–Trinajstić information content (AvgIpc) is 2.43. The molecule has 0 aliphatic rings. The number of hydrogen-bond acceptors (Lipinski definition) is 6. The fourth-order valence-electron chi connectivity index (χ4n) is 1.34. The van der Waals surface area contributed by atoms with Gasteiger partial charge in [-0.2, -0.15) is 5.26 Å². The second-order valence-corrected chi connectivity index (χ2v) is 4.22. The second kappa shape index (κ2) is 5.69. The molecule has 1 aromatic carbocycles. The topological polar surface area (TPSA) is 102 Å². The van der Waals surface area contributed by atoms with Crippen molar-refractivity contribution in [3.05, 3.63) is 50.2 Å². The number of ether oxygens (including phenoxy) is 1. The predicted octanol–water partition coefficient (Wildman–Crippen LogP) is 3.36. The number of aromatic nitrogens is 2. The first-order chi connectivity index (χ1) is 9.51. The summed E-state index contributed by atoms with van der Waals surface area (Å²) in [5.74, 6) is -0.0561. The van der Waals surface area contributed by atoms with Crippen molar-refractivity contribution < 1.29 is 9.66 Å². The van der Waals surface area contributed by atoms with Crippen LogP contribution in [0.4, 0.5) is 5.69 Å². The molecular weight excluding hydrogens is 307 g/mol. The zero-order chi connectivity index (χ0) is 14.7. The fraction of sp³-hybridized carbons (Fsp3) is 0. The molecule has 0 fully saturated rings. The van der Waals surface area contributed by atoms with Gasteiger partial charge in [0.05, 0.1) is 16.6 Å². The first-order valence-corrected chi connectivity index (χ1v) is 5.82. The van der Waals surface area contributed by atoms with E-state index in [2.05, 4.69) is 10.2 Å². The molecule has 100 valence electrons. The fourth-order valence-corrected chi connectivity index (χ4v) is 1.61. The Morgan fingerprint density at radius 1 is 1.25 bits per heavy atom. The van der Waals surface area contributed by atoms with Crippen molar-refractivity contribution in [2.24, 2.45) is 0 Å². The van der Waals surface area contributed by atoms with Crippen molar-refractivity contribution in [1.29, 1.82) is 5.26 Å². The first kappa shape index (κ1) is 14.0. The molecule has 0 amide bonds. The van der Waals surface area contributed by atoms with Crippen LogP contribution in [0.5, 0.6) is 11.5 Å². The molecule has 7 nitrogen and oxygen atoms in total. The molecule has 0 aliphatic heterocycles. The molecule has 9 heteroatoms. The van der Waals surface area contributed by atoms with Gasteiger partial charge in [0, 0.05) is 12.1 Å². The minimum absolute atomic E-state index is 0.0273. The smallest absolute Gasteiger partial charge is 0.312 e. The zero-order valence-electron chi connectivity index (χ0n) is 9.58. The lowest BCUT2D eigenvalue weighted by Crippen LogP contribution is -1.96. The minimum atomic E-state index is -0.666. The van der Waals surface area contributed by atoms with Gasteiger partial charge in [-0.05, 0) is 12.1 Å². The highest BCUT2D eigenvalue weighted by Gasteiger charge is 2.18. The largest absolute Gasteiger partial charge is 0.447 e. The Kier molecular flexibility index (Phi) is 3.98. The van der Waals surface area contributed by atoms with Crippen molar-refractivity contribution >= 4 is 28.9 Å². The molecular formula is C11H4Cl2N4O3. The lowest BCUT2D eigenvalue weighted by Gasteiger charge is -2.07. The Morgan fingerprint density at radius 3 is 2.65 bits per heavy atom. The summed E-state index contributed by atoms with van der Waals surface area (Å²) in [5.41, 5.74) is -0.228. The van der Waals surface area contributed by atoms with Gasteiger partial charge in [0.2, 0.25) is 5.75 Å². The molecule has 0 spiro atoms. The van der Waals surface area contributed by atoms with Crippen molar-refractivity contribution in [3.63, 3.8) is 0 Å². The first-order valence-electron chi connectivity index (χ1n) is 5.06. The SMILES string of the molecule is N#Cc1ccc(Oc2cc(Cl)nnc2Cl)c([N+](=O)[O-])c1. The van der Waals surface area contributed by atoms with Crippen LogP contribution in [0.25, 0.3) is 0 Å². The van der Waals surface area contributed by atoms with E-state index < -0.39 is 4.92 Å². The minimum Gasteiger partial charge on any atom is -0.447 e. The summed E-state index contributed by atoms with van der Waals surface area (Å²) in [6, 6.07) is 6.85. The van der Waals surface area contributed by atoms with Crippen LogP contribution in [0.3, 0.4) is 0 Å². The standard InChI is InChI=1S/C11H4Cl2N4O3/c12-10-4-9(11(13)16-15-10)20-8-2-1-6(5-14)3-7(8)17(18)19/h1-4H. The van der Waals surface area contributed by atoms with Crippen LogP contribution >= 0.6 is 23.2 Å². The lowest BCUT2D eigenvalue weighted by molar-refractivity contribution is -0.385. The van der Waals surface area contributed by atoms with Crippen LogP contribution in [-0.2, 0) is 0 Å². The van der Waals surface area contributed by atoms with E-state index in [1.165, 1.54) is 18.2 Å².